The first-order valence-corrected chi connectivity index (χ1v) is 8.70. The summed E-state index contributed by atoms with van der Waals surface area (Å²) in [4.78, 5) is 10.3. The van der Waals surface area contributed by atoms with Crippen LogP contribution in [0.15, 0.2) is 48.6 Å². The lowest BCUT2D eigenvalue weighted by Crippen LogP contribution is -1.98. The molecule has 0 bridgehead atoms. The molecule has 0 saturated heterocycles. The van der Waals surface area contributed by atoms with Gasteiger partial charge in [-0.2, -0.15) is 0 Å². The first-order valence-electron chi connectivity index (χ1n) is 8.70. The van der Waals surface area contributed by atoms with E-state index in [0.717, 1.165) is 19.3 Å². The van der Waals surface area contributed by atoms with Gasteiger partial charge in [-0.3, -0.25) is 4.79 Å². The molecular weight excluding hydrogens is 288 g/mol. The summed E-state index contributed by atoms with van der Waals surface area (Å²) >= 11 is 0. The smallest absolute Gasteiger partial charge is 0.303 e. The SMILES string of the molecule is CCCCC/C=C/C/C=C/C=C/[C@H](O)C/C=C/CCCC(=O)O. The van der Waals surface area contributed by atoms with Crippen LogP contribution in [0.4, 0.5) is 0 Å². The molecule has 0 fully saturated rings. The van der Waals surface area contributed by atoms with E-state index >= 15 is 0 Å². The van der Waals surface area contributed by atoms with E-state index < -0.39 is 12.1 Å². The highest BCUT2D eigenvalue weighted by atomic mass is 16.4. The van der Waals surface area contributed by atoms with Crippen LogP contribution in [0.25, 0.3) is 0 Å². The number of hydrogen-bond donors (Lipinski definition) is 2. The summed E-state index contributed by atoms with van der Waals surface area (Å²) in [5.41, 5.74) is 0. The number of hydrogen-bond acceptors (Lipinski definition) is 2. The summed E-state index contributed by atoms with van der Waals surface area (Å²) < 4.78 is 0. The van der Waals surface area contributed by atoms with Gasteiger partial charge in [0.2, 0.25) is 0 Å². The lowest BCUT2D eigenvalue weighted by Gasteiger charge is -1.99. The minimum absolute atomic E-state index is 0.199. The van der Waals surface area contributed by atoms with Crippen molar-refractivity contribution < 1.29 is 15.0 Å². The number of aliphatic carboxylic acids is 1. The van der Waals surface area contributed by atoms with Crippen molar-refractivity contribution in [2.75, 3.05) is 0 Å². The van der Waals surface area contributed by atoms with Crippen LogP contribution >= 0.6 is 0 Å². The average Bonchev–Trinajstić information content (AvgIpc) is 2.52. The maximum Gasteiger partial charge on any atom is 0.303 e. The second-order valence-electron chi connectivity index (χ2n) is 5.58. The number of carboxylic acids is 1. The van der Waals surface area contributed by atoms with Crippen molar-refractivity contribution in [2.45, 2.75) is 70.8 Å². The lowest BCUT2D eigenvalue weighted by atomic mass is 10.2. The molecule has 0 aromatic carbocycles. The molecule has 3 nitrogen and oxygen atoms in total. The molecule has 0 unspecified atom stereocenters. The molecule has 0 heterocycles. The molecule has 0 spiro atoms. The van der Waals surface area contributed by atoms with Crippen LogP contribution in [0.3, 0.4) is 0 Å². The van der Waals surface area contributed by atoms with Crippen LogP contribution in [0.2, 0.25) is 0 Å². The molecule has 0 aliphatic heterocycles. The molecule has 0 radical (unpaired) electrons. The minimum Gasteiger partial charge on any atom is -0.481 e. The van der Waals surface area contributed by atoms with Crippen molar-refractivity contribution in [3.05, 3.63) is 48.6 Å². The highest BCUT2D eigenvalue weighted by molar-refractivity contribution is 5.66. The molecule has 0 aromatic rings. The van der Waals surface area contributed by atoms with Crippen molar-refractivity contribution in [2.24, 2.45) is 0 Å². The van der Waals surface area contributed by atoms with E-state index in [0.29, 0.717) is 12.8 Å². The van der Waals surface area contributed by atoms with Gasteiger partial charge in [-0.05, 0) is 38.5 Å². The molecule has 1 atom stereocenters. The van der Waals surface area contributed by atoms with E-state index in [9.17, 15) is 9.90 Å². The van der Waals surface area contributed by atoms with E-state index in [2.05, 4.69) is 25.2 Å². The van der Waals surface area contributed by atoms with E-state index in [4.69, 9.17) is 5.11 Å². The number of rotatable bonds is 14. The monoisotopic (exact) mass is 320 g/mol. The predicted molar refractivity (Wildman–Crippen MR) is 97.4 cm³/mol. The Labute approximate surface area is 141 Å². The van der Waals surface area contributed by atoms with Crippen LogP contribution in [-0.2, 0) is 4.79 Å². The Morgan fingerprint density at radius 3 is 2.43 bits per heavy atom. The Kier molecular flexibility index (Phi) is 15.6. The zero-order chi connectivity index (χ0) is 17.2. The Bertz CT molecular complexity index is 392. The standard InChI is InChI=1S/C20H32O3/c1-2-3-4-5-6-7-8-9-10-13-16-19(21)17-14-11-12-15-18-20(22)23/h6-7,9-11,13-14,16,19,21H,2-5,8,12,15,17-18H2,1H3,(H,22,23)/b7-6+,10-9+,14-11+,16-13+/t19-/m0/s1. The Morgan fingerprint density at radius 2 is 1.70 bits per heavy atom. The Hall–Kier alpha value is -1.61. The number of allylic oxidation sites excluding steroid dienone is 6. The molecule has 0 aromatic heterocycles. The summed E-state index contributed by atoms with van der Waals surface area (Å²) in [6.07, 6.45) is 23.5. The quantitative estimate of drug-likeness (QED) is 0.263. The van der Waals surface area contributed by atoms with E-state index in [1.165, 1.54) is 19.3 Å². The summed E-state index contributed by atoms with van der Waals surface area (Å²) in [5.74, 6) is -0.760. The van der Waals surface area contributed by atoms with E-state index in [-0.39, 0.29) is 6.42 Å². The molecule has 0 aliphatic rings. The zero-order valence-electron chi connectivity index (χ0n) is 14.4. The van der Waals surface area contributed by atoms with Gasteiger partial charge in [-0.1, -0.05) is 68.4 Å². The molecule has 0 rings (SSSR count). The van der Waals surface area contributed by atoms with Gasteiger partial charge >= 0.3 is 5.97 Å². The zero-order valence-corrected chi connectivity index (χ0v) is 14.4. The van der Waals surface area contributed by atoms with Gasteiger partial charge in [0.05, 0.1) is 6.10 Å². The van der Waals surface area contributed by atoms with Crippen LogP contribution in [-0.4, -0.2) is 22.3 Å². The van der Waals surface area contributed by atoms with E-state index in [1.54, 1.807) is 6.08 Å². The van der Waals surface area contributed by atoms with Gasteiger partial charge in [0.15, 0.2) is 0 Å². The predicted octanol–water partition coefficient (Wildman–Crippen LogP) is 5.19. The normalized spacial score (nSPS) is 13.8. The highest BCUT2D eigenvalue weighted by Crippen LogP contribution is 2.02. The largest absolute Gasteiger partial charge is 0.481 e. The Morgan fingerprint density at radius 1 is 0.957 bits per heavy atom. The fourth-order valence-corrected chi connectivity index (χ4v) is 1.96. The van der Waals surface area contributed by atoms with Gasteiger partial charge in [-0.15, -0.1) is 0 Å². The second kappa shape index (κ2) is 16.8. The van der Waals surface area contributed by atoms with Crippen molar-refractivity contribution in [1.29, 1.82) is 0 Å². The summed E-state index contributed by atoms with van der Waals surface area (Å²) in [5, 5.41) is 18.2. The molecular formula is C20H32O3. The minimum atomic E-state index is -0.760. The number of unbranched alkanes of at least 4 members (excludes halogenated alkanes) is 4. The number of carboxylic acid groups (broad SMARTS) is 1. The summed E-state index contributed by atoms with van der Waals surface area (Å²) in [7, 11) is 0. The van der Waals surface area contributed by atoms with Crippen molar-refractivity contribution in [3.8, 4) is 0 Å². The van der Waals surface area contributed by atoms with Gasteiger partial charge in [-0.25, -0.2) is 0 Å². The average molecular weight is 320 g/mol. The van der Waals surface area contributed by atoms with Gasteiger partial charge in [0.1, 0.15) is 0 Å². The van der Waals surface area contributed by atoms with E-state index in [1.807, 2.05) is 24.3 Å². The van der Waals surface area contributed by atoms with Crippen LogP contribution < -0.4 is 0 Å². The van der Waals surface area contributed by atoms with Crippen molar-refractivity contribution >= 4 is 5.97 Å². The molecule has 0 saturated carbocycles. The fraction of sp³-hybridized carbons (Fsp3) is 0.550. The molecule has 0 amide bonds. The molecule has 130 valence electrons. The van der Waals surface area contributed by atoms with Gasteiger partial charge < -0.3 is 10.2 Å². The lowest BCUT2D eigenvalue weighted by molar-refractivity contribution is -0.137. The second-order valence-corrected chi connectivity index (χ2v) is 5.58. The maximum atomic E-state index is 10.3. The summed E-state index contributed by atoms with van der Waals surface area (Å²) in [6.45, 7) is 2.21. The third-order valence-electron chi connectivity index (χ3n) is 3.30. The van der Waals surface area contributed by atoms with Crippen molar-refractivity contribution in [1.82, 2.24) is 0 Å². The summed E-state index contributed by atoms with van der Waals surface area (Å²) in [6, 6.07) is 0. The number of aliphatic hydroxyl groups excluding tert-OH is 1. The number of aliphatic hydroxyl groups is 1. The maximum absolute atomic E-state index is 10.3. The number of carbonyl (C=O) groups is 1. The topological polar surface area (TPSA) is 57.5 Å². The molecule has 3 heteroatoms. The highest BCUT2D eigenvalue weighted by Gasteiger charge is 1.95. The molecule has 2 N–H and O–H groups in total. The first-order chi connectivity index (χ1) is 11.2. The van der Waals surface area contributed by atoms with Crippen LogP contribution in [0, 0.1) is 0 Å². The van der Waals surface area contributed by atoms with Crippen LogP contribution in [0.5, 0.6) is 0 Å². The molecule has 23 heavy (non-hydrogen) atoms. The fourth-order valence-electron chi connectivity index (χ4n) is 1.96. The third-order valence-corrected chi connectivity index (χ3v) is 3.30. The molecule has 0 aliphatic carbocycles. The Balaban J connectivity index is 3.63. The van der Waals surface area contributed by atoms with Crippen LogP contribution in [0.1, 0.15) is 64.7 Å². The first kappa shape index (κ1) is 21.4. The van der Waals surface area contributed by atoms with Gasteiger partial charge in [0, 0.05) is 6.42 Å². The third kappa shape index (κ3) is 18.3. The van der Waals surface area contributed by atoms with Gasteiger partial charge in [0.25, 0.3) is 0 Å². The van der Waals surface area contributed by atoms with Crippen molar-refractivity contribution in [3.63, 3.8) is 0 Å².